The molecule has 0 aromatic heterocycles. The summed E-state index contributed by atoms with van der Waals surface area (Å²) in [6, 6.07) is 0. The van der Waals surface area contributed by atoms with Crippen molar-refractivity contribution in [2.24, 2.45) is 0 Å². The number of carbonyl (C=O) groups is 2. The van der Waals surface area contributed by atoms with Crippen LogP contribution in [-0.2, 0) is 9.59 Å². The highest BCUT2D eigenvalue weighted by molar-refractivity contribution is 6.13. The monoisotopic (exact) mass is 195 g/mol. The largest absolute Gasteiger partial charge is 0.482 e. The SMILES string of the molecule is O=C(O)C(O)C(O)C(=O)O.O[B]O. The summed E-state index contributed by atoms with van der Waals surface area (Å²) in [4.78, 5) is 19.5. The first kappa shape index (κ1) is 14.4. The third kappa shape index (κ3) is 7.21. The van der Waals surface area contributed by atoms with Crippen LogP contribution in [0.4, 0.5) is 0 Å². The van der Waals surface area contributed by atoms with E-state index in [9.17, 15) is 9.59 Å². The van der Waals surface area contributed by atoms with Gasteiger partial charge in [0.2, 0.25) is 0 Å². The summed E-state index contributed by atoms with van der Waals surface area (Å²) in [5, 5.41) is 46.5. The zero-order chi connectivity index (χ0) is 11.0. The summed E-state index contributed by atoms with van der Waals surface area (Å²) in [6.45, 7) is 0. The fourth-order valence-electron chi connectivity index (χ4n) is 0.270. The second-order valence-corrected chi connectivity index (χ2v) is 1.68. The van der Waals surface area contributed by atoms with Crippen molar-refractivity contribution in [3.8, 4) is 0 Å². The van der Waals surface area contributed by atoms with Crippen molar-refractivity contribution in [2.45, 2.75) is 12.2 Å². The maximum Gasteiger partial charge on any atom is 0.482 e. The van der Waals surface area contributed by atoms with Gasteiger partial charge < -0.3 is 30.5 Å². The van der Waals surface area contributed by atoms with E-state index in [0.29, 0.717) is 0 Å². The van der Waals surface area contributed by atoms with Crippen molar-refractivity contribution in [1.29, 1.82) is 0 Å². The molecule has 0 aliphatic carbocycles. The minimum atomic E-state index is -2.27. The quantitative estimate of drug-likeness (QED) is 0.252. The van der Waals surface area contributed by atoms with E-state index in [1.165, 1.54) is 0 Å². The molecule has 0 bridgehead atoms. The topological polar surface area (TPSA) is 156 Å². The molecule has 6 N–H and O–H groups in total. The van der Waals surface area contributed by atoms with E-state index in [0.717, 1.165) is 0 Å². The van der Waals surface area contributed by atoms with Crippen LogP contribution in [0.25, 0.3) is 0 Å². The average Bonchev–Trinajstić information content (AvgIpc) is 2.03. The second kappa shape index (κ2) is 7.49. The van der Waals surface area contributed by atoms with E-state index < -0.39 is 24.1 Å². The van der Waals surface area contributed by atoms with Crippen LogP contribution < -0.4 is 0 Å². The van der Waals surface area contributed by atoms with Gasteiger partial charge in [0, 0.05) is 0 Å². The van der Waals surface area contributed by atoms with Crippen LogP contribution in [-0.4, -0.2) is 62.3 Å². The Morgan fingerprint density at radius 2 is 1.08 bits per heavy atom. The minimum Gasteiger partial charge on any atom is -0.479 e. The van der Waals surface area contributed by atoms with E-state index in [1.54, 1.807) is 0 Å². The first-order chi connectivity index (χ1) is 5.88. The molecule has 0 saturated heterocycles. The van der Waals surface area contributed by atoms with Gasteiger partial charge in [-0.15, -0.1) is 0 Å². The van der Waals surface area contributed by atoms with Gasteiger partial charge in [0.15, 0.2) is 12.2 Å². The van der Waals surface area contributed by atoms with Crippen molar-refractivity contribution in [1.82, 2.24) is 0 Å². The molecule has 9 heteroatoms. The van der Waals surface area contributed by atoms with Crippen LogP contribution in [0.5, 0.6) is 0 Å². The zero-order valence-electron chi connectivity index (χ0n) is 6.23. The Labute approximate surface area is 73.0 Å². The van der Waals surface area contributed by atoms with Crippen molar-refractivity contribution in [2.75, 3.05) is 0 Å². The van der Waals surface area contributed by atoms with Crippen LogP contribution in [0.15, 0.2) is 0 Å². The molecule has 0 aromatic rings. The van der Waals surface area contributed by atoms with Gasteiger partial charge in [-0.25, -0.2) is 9.59 Å². The third-order valence-corrected chi connectivity index (χ3v) is 0.805. The average molecular weight is 195 g/mol. The number of aliphatic carboxylic acids is 2. The summed E-state index contributed by atoms with van der Waals surface area (Å²) in [7, 11) is 0. The van der Waals surface area contributed by atoms with E-state index >= 15 is 0 Å². The van der Waals surface area contributed by atoms with E-state index in [2.05, 4.69) is 0 Å². The Morgan fingerprint density at radius 3 is 1.15 bits per heavy atom. The van der Waals surface area contributed by atoms with Gasteiger partial charge in [-0.3, -0.25) is 0 Å². The highest BCUT2D eigenvalue weighted by Gasteiger charge is 2.29. The summed E-state index contributed by atoms with van der Waals surface area (Å²) in [6.07, 6.45) is -4.53. The standard InChI is InChI=1S/C4H6O6.BH2O2/c5-1(3(7)8)2(6)4(9)10;2-1-3/h1-2,5-6H,(H,7,8)(H,9,10);2-3H. The Morgan fingerprint density at radius 1 is 0.923 bits per heavy atom. The third-order valence-electron chi connectivity index (χ3n) is 0.805. The molecule has 0 fully saturated rings. The van der Waals surface area contributed by atoms with Crippen molar-refractivity contribution in [3.05, 3.63) is 0 Å². The molecule has 0 saturated carbocycles. The predicted octanol–water partition coefficient (Wildman–Crippen LogP) is -3.62. The Balaban J connectivity index is 0. The second-order valence-electron chi connectivity index (χ2n) is 1.68. The fraction of sp³-hybridized carbons (Fsp3) is 0.500. The molecule has 0 aromatic carbocycles. The smallest absolute Gasteiger partial charge is 0.479 e. The van der Waals surface area contributed by atoms with Crippen molar-refractivity contribution in [3.63, 3.8) is 0 Å². The van der Waals surface area contributed by atoms with E-state index in [4.69, 9.17) is 30.5 Å². The molecule has 0 amide bonds. The van der Waals surface area contributed by atoms with Crippen LogP contribution >= 0.6 is 0 Å². The summed E-state index contributed by atoms with van der Waals surface area (Å²) < 4.78 is 0. The van der Waals surface area contributed by atoms with Gasteiger partial charge in [-0.2, -0.15) is 0 Å². The summed E-state index contributed by atoms with van der Waals surface area (Å²) in [5.41, 5.74) is 0. The molecule has 2 atom stereocenters. The Kier molecular flexibility index (Phi) is 8.28. The number of hydrogen-bond donors (Lipinski definition) is 6. The normalized spacial score (nSPS) is 13.2. The number of carboxylic acid groups (broad SMARTS) is 2. The first-order valence-electron chi connectivity index (χ1n) is 2.80. The molecular formula is C4H8BO8. The number of carboxylic acids is 2. The molecule has 0 rings (SSSR count). The molecule has 1 radical (unpaired) electrons. The van der Waals surface area contributed by atoms with E-state index in [1.807, 2.05) is 0 Å². The highest BCUT2D eigenvalue weighted by Crippen LogP contribution is 1.92. The molecule has 13 heavy (non-hydrogen) atoms. The number of hydrogen-bond acceptors (Lipinski definition) is 6. The van der Waals surface area contributed by atoms with E-state index in [-0.39, 0.29) is 7.69 Å². The highest BCUT2D eigenvalue weighted by atomic mass is 16.4. The minimum absolute atomic E-state index is 0. The molecule has 2 unspecified atom stereocenters. The van der Waals surface area contributed by atoms with Gasteiger partial charge in [0.1, 0.15) is 0 Å². The maximum absolute atomic E-state index is 9.77. The van der Waals surface area contributed by atoms with Crippen LogP contribution in [0.2, 0.25) is 0 Å². The molecule has 0 aliphatic heterocycles. The van der Waals surface area contributed by atoms with Crippen LogP contribution in [0.1, 0.15) is 0 Å². The van der Waals surface area contributed by atoms with Gasteiger partial charge >= 0.3 is 19.6 Å². The maximum atomic E-state index is 9.77. The van der Waals surface area contributed by atoms with Crippen molar-refractivity contribution >= 4 is 19.6 Å². The van der Waals surface area contributed by atoms with Crippen LogP contribution in [0, 0.1) is 0 Å². The summed E-state index contributed by atoms with van der Waals surface area (Å²) >= 11 is 0. The molecule has 8 nitrogen and oxygen atoms in total. The lowest BCUT2D eigenvalue weighted by Crippen LogP contribution is -2.39. The number of rotatable bonds is 3. The van der Waals surface area contributed by atoms with Gasteiger partial charge in [0.05, 0.1) is 0 Å². The lowest BCUT2D eigenvalue weighted by Gasteiger charge is -2.07. The molecule has 0 aliphatic rings. The molecule has 75 valence electrons. The number of aliphatic hydroxyl groups is 2. The first-order valence-corrected chi connectivity index (χ1v) is 2.80. The van der Waals surface area contributed by atoms with Gasteiger partial charge in [0.25, 0.3) is 0 Å². The lowest BCUT2D eigenvalue weighted by molar-refractivity contribution is -0.165. The van der Waals surface area contributed by atoms with Crippen LogP contribution in [0.3, 0.4) is 0 Å². The zero-order valence-corrected chi connectivity index (χ0v) is 6.23. The van der Waals surface area contributed by atoms with Gasteiger partial charge in [-0.05, 0) is 0 Å². The number of aliphatic hydroxyl groups excluding tert-OH is 2. The predicted molar refractivity (Wildman–Crippen MR) is 37.5 cm³/mol. The summed E-state index contributed by atoms with van der Waals surface area (Å²) in [5.74, 6) is -3.54. The Bertz CT molecular complexity index is 152. The fourth-order valence-corrected chi connectivity index (χ4v) is 0.270. The lowest BCUT2D eigenvalue weighted by atomic mass is 10.2. The van der Waals surface area contributed by atoms with Gasteiger partial charge in [-0.1, -0.05) is 0 Å². The van der Waals surface area contributed by atoms with Crippen molar-refractivity contribution < 1.29 is 40.1 Å². The molecule has 0 spiro atoms. The molecular weight excluding hydrogens is 187 g/mol. The Hall–Kier alpha value is -1.16. The molecule has 0 heterocycles.